The van der Waals surface area contributed by atoms with Gasteiger partial charge in [0.15, 0.2) is 0 Å². The summed E-state index contributed by atoms with van der Waals surface area (Å²) in [6, 6.07) is 10.0. The van der Waals surface area contributed by atoms with Gasteiger partial charge in [-0.2, -0.15) is 0 Å². The highest BCUT2D eigenvalue weighted by atomic mass is 16.2. The summed E-state index contributed by atoms with van der Waals surface area (Å²) in [4.78, 5) is 15.9. The molecule has 5 heteroatoms. The molecule has 5 nitrogen and oxygen atoms in total. The van der Waals surface area contributed by atoms with E-state index in [0.29, 0.717) is 6.54 Å². The molecule has 1 amide bonds. The van der Waals surface area contributed by atoms with Crippen molar-refractivity contribution in [2.24, 2.45) is 0 Å². The van der Waals surface area contributed by atoms with Crippen LogP contribution in [0.25, 0.3) is 0 Å². The predicted octanol–water partition coefficient (Wildman–Crippen LogP) is 1.73. The normalized spacial score (nSPS) is 10.4. The van der Waals surface area contributed by atoms with Crippen LogP contribution in [-0.2, 0) is 12.8 Å². The number of benzene rings is 1. The number of nitrogens with one attached hydrogen (secondary N) is 2. The zero-order valence-corrected chi connectivity index (χ0v) is 11.0. The van der Waals surface area contributed by atoms with Gasteiger partial charge < -0.3 is 5.32 Å². The van der Waals surface area contributed by atoms with E-state index < -0.39 is 0 Å². The maximum Gasteiger partial charge on any atom is 0.290 e. The topological polar surface area (TPSA) is 70.7 Å². The number of nitrogens with zero attached hydrogens (tertiary/aromatic N) is 2. The van der Waals surface area contributed by atoms with E-state index in [0.717, 1.165) is 25.1 Å². The fourth-order valence-corrected chi connectivity index (χ4v) is 1.79. The maximum atomic E-state index is 11.8. The summed E-state index contributed by atoms with van der Waals surface area (Å²) >= 11 is 0. The van der Waals surface area contributed by atoms with Crippen LogP contribution in [0.4, 0.5) is 0 Å². The van der Waals surface area contributed by atoms with Gasteiger partial charge in [-0.1, -0.05) is 37.3 Å². The van der Waals surface area contributed by atoms with E-state index in [9.17, 15) is 4.79 Å². The van der Waals surface area contributed by atoms with Gasteiger partial charge in [0.1, 0.15) is 5.82 Å². The first-order chi connectivity index (χ1) is 9.29. The minimum Gasteiger partial charge on any atom is -0.349 e. The van der Waals surface area contributed by atoms with E-state index >= 15 is 0 Å². The van der Waals surface area contributed by atoms with Crippen molar-refractivity contribution in [1.82, 2.24) is 20.5 Å². The second kappa shape index (κ2) is 6.68. The molecular formula is C14H18N4O. The van der Waals surface area contributed by atoms with Crippen molar-refractivity contribution < 1.29 is 4.79 Å². The molecule has 2 N–H and O–H groups in total. The number of rotatable bonds is 6. The molecule has 0 aliphatic carbocycles. The maximum absolute atomic E-state index is 11.8. The molecule has 0 aliphatic heterocycles. The average Bonchev–Trinajstić information content (AvgIpc) is 2.89. The Bertz CT molecular complexity index is 521. The average molecular weight is 258 g/mol. The number of amides is 1. The minimum atomic E-state index is -0.227. The van der Waals surface area contributed by atoms with Gasteiger partial charge in [0, 0.05) is 13.0 Å². The highest BCUT2D eigenvalue weighted by Gasteiger charge is 2.11. The summed E-state index contributed by atoms with van der Waals surface area (Å²) in [5, 5.41) is 9.50. The molecule has 0 radical (unpaired) electrons. The van der Waals surface area contributed by atoms with Crippen molar-refractivity contribution in [1.29, 1.82) is 0 Å². The van der Waals surface area contributed by atoms with E-state index in [1.807, 2.05) is 30.3 Å². The molecule has 0 bridgehead atoms. The Hall–Kier alpha value is -2.17. The van der Waals surface area contributed by atoms with E-state index in [-0.39, 0.29) is 11.7 Å². The molecule has 19 heavy (non-hydrogen) atoms. The third-order valence-electron chi connectivity index (χ3n) is 2.76. The standard InChI is InChI=1S/C14H18N4O/c1-2-6-12-16-13(18-17-12)14(19)15-10-9-11-7-4-3-5-8-11/h3-5,7-8H,2,6,9-10H2,1H3,(H,15,19)(H,16,17,18). The van der Waals surface area contributed by atoms with Crippen LogP contribution in [0.15, 0.2) is 30.3 Å². The second-order valence-electron chi connectivity index (χ2n) is 4.35. The molecule has 0 spiro atoms. The number of H-pyrrole nitrogens is 1. The highest BCUT2D eigenvalue weighted by Crippen LogP contribution is 1.99. The van der Waals surface area contributed by atoms with Crippen LogP contribution >= 0.6 is 0 Å². The van der Waals surface area contributed by atoms with Crippen molar-refractivity contribution in [3.8, 4) is 0 Å². The van der Waals surface area contributed by atoms with Crippen molar-refractivity contribution in [2.75, 3.05) is 6.54 Å². The fraction of sp³-hybridized carbons (Fsp3) is 0.357. The smallest absolute Gasteiger partial charge is 0.290 e. The highest BCUT2D eigenvalue weighted by molar-refractivity contribution is 5.90. The van der Waals surface area contributed by atoms with Crippen molar-refractivity contribution in [3.05, 3.63) is 47.5 Å². The third-order valence-corrected chi connectivity index (χ3v) is 2.76. The molecule has 0 saturated heterocycles. The Morgan fingerprint density at radius 3 is 2.79 bits per heavy atom. The van der Waals surface area contributed by atoms with Crippen molar-refractivity contribution >= 4 is 5.91 Å². The molecule has 2 rings (SSSR count). The van der Waals surface area contributed by atoms with E-state index in [4.69, 9.17) is 0 Å². The Balaban J connectivity index is 1.80. The molecule has 1 heterocycles. The largest absolute Gasteiger partial charge is 0.349 e. The second-order valence-corrected chi connectivity index (χ2v) is 4.35. The van der Waals surface area contributed by atoms with Crippen LogP contribution in [0.3, 0.4) is 0 Å². The molecule has 0 fully saturated rings. The minimum absolute atomic E-state index is 0.219. The lowest BCUT2D eigenvalue weighted by atomic mass is 10.1. The first-order valence-electron chi connectivity index (χ1n) is 6.53. The predicted molar refractivity (Wildman–Crippen MR) is 72.9 cm³/mol. The van der Waals surface area contributed by atoms with Crippen molar-refractivity contribution in [3.63, 3.8) is 0 Å². The summed E-state index contributed by atoms with van der Waals surface area (Å²) in [5.74, 6) is 0.752. The number of aromatic nitrogens is 3. The van der Waals surface area contributed by atoms with Crippen LogP contribution in [0.2, 0.25) is 0 Å². The molecule has 1 aromatic heterocycles. The third kappa shape index (κ3) is 3.91. The number of hydrogen-bond donors (Lipinski definition) is 2. The number of carbonyl (C=O) groups is 1. The van der Waals surface area contributed by atoms with Crippen LogP contribution < -0.4 is 5.32 Å². The Morgan fingerprint density at radius 1 is 1.26 bits per heavy atom. The summed E-state index contributed by atoms with van der Waals surface area (Å²) in [7, 11) is 0. The van der Waals surface area contributed by atoms with E-state index in [1.54, 1.807) is 0 Å². The van der Waals surface area contributed by atoms with E-state index in [1.165, 1.54) is 5.56 Å². The van der Waals surface area contributed by atoms with Gasteiger partial charge in [-0.15, -0.1) is 5.10 Å². The van der Waals surface area contributed by atoms with Crippen LogP contribution in [0, 0.1) is 0 Å². The monoisotopic (exact) mass is 258 g/mol. The molecule has 0 unspecified atom stereocenters. The van der Waals surface area contributed by atoms with Gasteiger partial charge in [-0.05, 0) is 18.4 Å². The van der Waals surface area contributed by atoms with Gasteiger partial charge in [0.25, 0.3) is 5.91 Å². The summed E-state index contributed by atoms with van der Waals surface area (Å²) < 4.78 is 0. The molecule has 2 aromatic rings. The lowest BCUT2D eigenvalue weighted by molar-refractivity contribution is 0.0944. The number of hydrogen-bond acceptors (Lipinski definition) is 3. The quantitative estimate of drug-likeness (QED) is 0.829. The Kier molecular flexibility index (Phi) is 4.66. The number of aromatic amines is 1. The van der Waals surface area contributed by atoms with Crippen molar-refractivity contribution in [2.45, 2.75) is 26.2 Å². The van der Waals surface area contributed by atoms with Gasteiger partial charge in [0.2, 0.25) is 5.82 Å². The SMILES string of the molecule is CCCc1nc(C(=O)NCCc2ccccc2)n[nH]1. The molecule has 0 saturated carbocycles. The van der Waals surface area contributed by atoms with Gasteiger partial charge in [-0.3, -0.25) is 9.89 Å². The molecule has 1 aromatic carbocycles. The fourth-order valence-electron chi connectivity index (χ4n) is 1.79. The molecule has 0 atom stereocenters. The van der Waals surface area contributed by atoms with E-state index in [2.05, 4.69) is 27.4 Å². The lowest BCUT2D eigenvalue weighted by Gasteiger charge is -2.02. The van der Waals surface area contributed by atoms with Crippen LogP contribution in [-0.4, -0.2) is 27.6 Å². The molecule has 100 valence electrons. The zero-order chi connectivity index (χ0) is 13.5. The lowest BCUT2D eigenvalue weighted by Crippen LogP contribution is -2.26. The van der Waals surface area contributed by atoms with Crippen LogP contribution in [0.1, 0.15) is 35.4 Å². The summed E-state index contributed by atoms with van der Waals surface area (Å²) in [6.07, 6.45) is 2.59. The van der Waals surface area contributed by atoms with Gasteiger partial charge in [-0.25, -0.2) is 4.98 Å². The van der Waals surface area contributed by atoms with Gasteiger partial charge >= 0.3 is 0 Å². The Labute approximate surface area is 112 Å². The summed E-state index contributed by atoms with van der Waals surface area (Å²) in [5.41, 5.74) is 1.20. The zero-order valence-electron chi connectivity index (χ0n) is 11.0. The Morgan fingerprint density at radius 2 is 2.05 bits per heavy atom. The van der Waals surface area contributed by atoms with Gasteiger partial charge in [0.05, 0.1) is 0 Å². The first kappa shape index (κ1) is 13.3. The summed E-state index contributed by atoms with van der Waals surface area (Å²) in [6.45, 7) is 2.64. The number of carbonyl (C=O) groups excluding carboxylic acids is 1. The molecular weight excluding hydrogens is 240 g/mol. The number of aryl methyl sites for hydroxylation is 1. The first-order valence-corrected chi connectivity index (χ1v) is 6.53. The van der Waals surface area contributed by atoms with Crippen LogP contribution in [0.5, 0.6) is 0 Å². The molecule has 0 aliphatic rings.